The molecule has 1 unspecified atom stereocenters. The van der Waals surface area contributed by atoms with Crippen LogP contribution in [0.25, 0.3) is 0 Å². The van der Waals surface area contributed by atoms with Crippen LogP contribution in [0, 0.1) is 11.6 Å². The number of nitrogens with one attached hydrogen (secondary N) is 1. The highest BCUT2D eigenvalue weighted by Gasteiger charge is 2.21. The van der Waals surface area contributed by atoms with Crippen LogP contribution in [0.3, 0.4) is 0 Å². The smallest absolute Gasteiger partial charge is 0.163 e. The summed E-state index contributed by atoms with van der Waals surface area (Å²) in [6, 6.07) is 7.54. The van der Waals surface area contributed by atoms with Gasteiger partial charge in [-0.2, -0.15) is 0 Å². The molecule has 19 heavy (non-hydrogen) atoms. The zero-order chi connectivity index (χ0) is 13.8. The van der Waals surface area contributed by atoms with Crippen LogP contribution in [0.15, 0.2) is 36.5 Å². The summed E-state index contributed by atoms with van der Waals surface area (Å²) in [5.41, 5.74) is 2.03. The predicted octanol–water partition coefficient (Wildman–Crippen LogP) is 3.23. The number of halogens is 2. The van der Waals surface area contributed by atoms with E-state index in [4.69, 9.17) is 0 Å². The van der Waals surface area contributed by atoms with Gasteiger partial charge in [-0.1, -0.05) is 25.1 Å². The zero-order valence-electron chi connectivity index (χ0n) is 11.0. The molecule has 0 spiro atoms. The van der Waals surface area contributed by atoms with Gasteiger partial charge in [-0.25, -0.2) is 8.78 Å². The Morgan fingerprint density at radius 1 is 1.21 bits per heavy atom. The van der Waals surface area contributed by atoms with Crippen LogP contribution in [0.5, 0.6) is 0 Å². The number of nitrogens with zero attached hydrogens (tertiary/aromatic N) is 1. The number of benzene rings is 1. The fourth-order valence-corrected chi connectivity index (χ4v) is 2.19. The number of hydrogen-bond acceptors (Lipinski definition) is 2. The van der Waals surface area contributed by atoms with Crippen molar-refractivity contribution in [3.8, 4) is 0 Å². The summed E-state index contributed by atoms with van der Waals surface area (Å²) in [6.45, 7) is 2.01. The molecule has 1 atom stereocenters. The number of rotatable bonds is 4. The van der Waals surface area contributed by atoms with Gasteiger partial charge in [-0.3, -0.25) is 4.98 Å². The van der Waals surface area contributed by atoms with Crippen molar-refractivity contribution in [2.45, 2.75) is 19.4 Å². The van der Waals surface area contributed by atoms with Gasteiger partial charge in [-0.15, -0.1) is 0 Å². The van der Waals surface area contributed by atoms with Gasteiger partial charge in [0, 0.05) is 11.8 Å². The Hall–Kier alpha value is -1.81. The summed E-state index contributed by atoms with van der Waals surface area (Å²) in [6.07, 6.45) is 2.45. The van der Waals surface area contributed by atoms with Crippen molar-refractivity contribution < 1.29 is 8.78 Å². The highest BCUT2D eigenvalue weighted by molar-refractivity contribution is 5.34. The summed E-state index contributed by atoms with van der Waals surface area (Å²) < 4.78 is 27.3. The third-order valence-corrected chi connectivity index (χ3v) is 3.16. The molecule has 0 radical (unpaired) electrons. The first kappa shape index (κ1) is 13.6. The molecular formula is C15H16F2N2. The van der Waals surface area contributed by atoms with E-state index in [1.54, 1.807) is 19.3 Å². The highest BCUT2D eigenvalue weighted by atomic mass is 19.2. The molecule has 0 saturated heterocycles. The first-order valence-electron chi connectivity index (χ1n) is 6.24. The van der Waals surface area contributed by atoms with Crippen LogP contribution in [-0.2, 0) is 6.42 Å². The molecule has 0 fully saturated rings. The van der Waals surface area contributed by atoms with E-state index in [0.29, 0.717) is 0 Å². The van der Waals surface area contributed by atoms with Gasteiger partial charge in [0.2, 0.25) is 0 Å². The Bertz CT molecular complexity index is 570. The molecular weight excluding hydrogens is 246 g/mol. The van der Waals surface area contributed by atoms with Crippen LogP contribution in [-0.4, -0.2) is 12.0 Å². The Morgan fingerprint density at radius 2 is 2.00 bits per heavy atom. The van der Waals surface area contributed by atoms with Gasteiger partial charge in [0.05, 0.1) is 11.7 Å². The SMILES string of the molecule is CCc1cccnc1C(NC)c1cccc(F)c1F. The van der Waals surface area contributed by atoms with Crippen molar-refractivity contribution in [1.82, 2.24) is 10.3 Å². The number of aromatic nitrogens is 1. The Labute approximate surface area is 111 Å². The van der Waals surface area contributed by atoms with E-state index >= 15 is 0 Å². The molecule has 0 saturated carbocycles. The molecule has 2 nitrogen and oxygen atoms in total. The van der Waals surface area contributed by atoms with E-state index < -0.39 is 17.7 Å². The lowest BCUT2D eigenvalue weighted by Crippen LogP contribution is -2.22. The van der Waals surface area contributed by atoms with E-state index in [-0.39, 0.29) is 5.56 Å². The van der Waals surface area contributed by atoms with Crippen LogP contribution < -0.4 is 5.32 Å². The molecule has 1 aromatic heterocycles. The van der Waals surface area contributed by atoms with Crippen molar-refractivity contribution in [3.05, 3.63) is 65.0 Å². The maximum atomic E-state index is 13.9. The fraction of sp³-hybridized carbons (Fsp3) is 0.267. The molecule has 100 valence electrons. The van der Waals surface area contributed by atoms with Crippen LogP contribution in [0.1, 0.15) is 29.8 Å². The highest BCUT2D eigenvalue weighted by Crippen LogP contribution is 2.26. The summed E-state index contributed by atoms with van der Waals surface area (Å²) in [4.78, 5) is 4.32. The Kier molecular flexibility index (Phi) is 4.22. The molecule has 0 aliphatic carbocycles. The average Bonchev–Trinajstić information content (AvgIpc) is 2.45. The lowest BCUT2D eigenvalue weighted by molar-refractivity contribution is 0.485. The van der Waals surface area contributed by atoms with Crippen molar-refractivity contribution in [3.63, 3.8) is 0 Å². The van der Waals surface area contributed by atoms with Gasteiger partial charge in [-0.05, 0) is 31.2 Å². The molecule has 1 N–H and O–H groups in total. The largest absolute Gasteiger partial charge is 0.308 e. The first-order chi connectivity index (χ1) is 9.19. The minimum absolute atomic E-state index is 0.274. The Morgan fingerprint density at radius 3 is 2.68 bits per heavy atom. The van der Waals surface area contributed by atoms with E-state index in [0.717, 1.165) is 23.7 Å². The van der Waals surface area contributed by atoms with Crippen LogP contribution in [0.4, 0.5) is 8.78 Å². The van der Waals surface area contributed by atoms with Gasteiger partial charge in [0.25, 0.3) is 0 Å². The zero-order valence-corrected chi connectivity index (χ0v) is 11.0. The van der Waals surface area contributed by atoms with Crippen molar-refractivity contribution in [1.29, 1.82) is 0 Å². The van der Waals surface area contributed by atoms with Crippen LogP contribution in [0.2, 0.25) is 0 Å². The summed E-state index contributed by atoms with van der Waals surface area (Å²) in [5.74, 6) is -1.67. The second-order valence-corrected chi connectivity index (χ2v) is 4.27. The molecule has 0 aliphatic heterocycles. The molecule has 1 heterocycles. The summed E-state index contributed by atoms with van der Waals surface area (Å²) >= 11 is 0. The average molecular weight is 262 g/mol. The van der Waals surface area contributed by atoms with Crippen molar-refractivity contribution >= 4 is 0 Å². The van der Waals surface area contributed by atoms with E-state index in [1.165, 1.54) is 6.07 Å². The second-order valence-electron chi connectivity index (χ2n) is 4.27. The second kappa shape index (κ2) is 5.89. The molecule has 0 amide bonds. The lowest BCUT2D eigenvalue weighted by Gasteiger charge is -2.19. The van der Waals surface area contributed by atoms with Gasteiger partial charge >= 0.3 is 0 Å². The minimum Gasteiger partial charge on any atom is -0.308 e. The molecule has 2 aromatic rings. The standard InChI is InChI=1S/C15H16F2N2/c1-3-10-6-5-9-19-14(10)15(18-2)11-7-4-8-12(16)13(11)17/h4-9,15,18H,3H2,1-2H3. The molecule has 1 aromatic carbocycles. The predicted molar refractivity (Wildman–Crippen MR) is 70.9 cm³/mol. The Balaban J connectivity index is 2.53. The maximum absolute atomic E-state index is 13.9. The number of pyridine rings is 1. The van der Waals surface area contributed by atoms with Crippen LogP contribution >= 0.6 is 0 Å². The fourth-order valence-electron chi connectivity index (χ4n) is 2.19. The third kappa shape index (κ3) is 2.63. The van der Waals surface area contributed by atoms with Crippen molar-refractivity contribution in [2.75, 3.05) is 7.05 Å². The number of aryl methyl sites for hydroxylation is 1. The van der Waals surface area contributed by atoms with Gasteiger partial charge in [0.15, 0.2) is 11.6 Å². The molecule has 4 heteroatoms. The molecule has 0 aliphatic rings. The molecule has 2 rings (SSSR count). The lowest BCUT2D eigenvalue weighted by atomic mass is 9.98. The normalized spacial score (nSPS) is 12.4. The summed E-state index contributed by atoms with van der Waals surface area (Å²) in [5, 5.41) is 3.01. The monoisotopic (exact) mass is 262 g/mol. The quantitative estimate of drug-likeness (QED) is 0.915. The van der Waals surface area contributed by atoms with Gasteiger partial charge in [0.1, 0.15) is 0 Å². The summed E-state index contributed by atoms with van der Waals surface area (Å²) in [7, 11) is 1.71. The third-order valence-electron chi connectivity index (χ3n) is 3.16. The van der Waals surface area contributed by atoms with E-state index in [1.807, 2.05) is 19.1 Å². The van der Waals surface area contributed by atoms with Gasteiger partial charge < -0.3 is 5.32 Å². The van der Waals surface area contributed by atoms with E-state index in [9.17, 15) is 8.78 Å². The molecule has 0 bridgehead atoms. The minimum atomic E-state index is -0.841. The number of hydrogen-bond donors (Lipinski definition) is 1. The van der Waals surface area contributed by atoms with Crippen molar-refractivity contribution in [2.24, 2.45) is 0 Å². The van der Waals surface area contributed by atoms with E-state index in [2.05, 4.69) is 10.3 Å². The topological polar surface area (TPSA) is 24.9 Å². The first-order valence-corrected chi connectivity index (χ1v) is 6.24. The maximum Gasteiger partial charge on any atom is 0.163 e.